The maximum Gasteiger partial charge on any atom is 0.416 e. The van der Waals surface area contributed by atoms with Crippen LogP contribution in [0.4, 0.5) is 32.0 Å². The fourth-order valence-electron chi connectivity index (χ4n) is 4.09. The lowest BCUT2D eigenvalue weighted by Crippen LogP contribution is -2.38. The summed E-state index contributed by atoms with van der Waals surface area (Å²) in [5, 5.41) is -0.811. The lowest BCUT2D eigenvalue weighted by molar-refractivity contribution is -0.143. The van der Waals surface area contributed by atoms with Gasteiger partial charge in [0.05, 0.1) is 35.1 Å². The number of nitrogens with zero attached hydrogens (tertiary/aromatic N) is 2. The van der Waals surface area contributed by atoms with E-state index in [0.29, 0.717) is 17.7 Å². The molecule has 2 fully saturated rings. The highest BCUT2D eigenvalue weighted by Gasteiger charge is 2.50. The molecule has 0 aliphatic carbocycles. The fraction of sp³-hybridized carbons (Fsp3) is 0.364. The van der Waals surface area contributed by atoms with Crippen molar-refractivity contribution in [1.82, 2.24) is 0 Å². The Morgan fingerprint density at radius 3 is 2.23 bits per heavy atom. The van der Waals surface area contributed by atoms with Gasteiger partial charge in [-0.2, -0.15) is 31.3 Å². The molecule has 0 N–H and O–H groups in total. The Labute approximate surface area is 201 Å². The summed E-state index contributed by atoms with van der Waals surface area (Å²) in [5.41, 5.74) is -2.08. The predicted molar refractivity (Wildman–Crippen MR) is 120 cm³/mol. The quantitative estimate of drug-likeness (QED) is 0.524. The van der Waals surface area contributed by atoms with Crippen molar-refractivity contribution in [3.05, 3.63) is 64.7 Å². The molecule has 5 nitrogen and oxygen atoms in total. The number of anilines is 1. The summed E-state index contributed by atoms with van der Waals surface area (Å²) in [5.74, 6) is -1.46. The zero-order chi connectivity index (χ0) is 25.8. The highest BCUT2D eigenvalue weighted by Crippen LogP contribution is 2.44. The Bertz CT molecular complexity index is 1270. The highest BCUT2D eigenvalue weighted by molar-refractivity contribution is 8.16. The van der Waals surface area contributed by atoms with E-state index < -0.39 is 62.0 Å². The first-order chi connectivity index (χ1) is 16.1. The molecule has 35 heavy (non-hydrogen) atoms. The van der Waals surface area contributed by atoms with Gasteiger partial charge in [-0.3, -0.25) is 4.79 Å². The summed E-state index contributed by atoms with van der Waals surface area (Å²) in [6, 6.07) is 7.07. The van der Waals surface area contributed by atoms with Crippen LogP contribution in [0, 0.1) is 6.92 Å². The van der Waals surface area contributed by atoms with E-state index in [-0.39, 0.29) is 23.4 Å². The molecule has 2 heterocycles. The Kier molecular flexibility index (Phi) is 6.45. The van der Waals surface area contributed by atoms with E-state index in [1.54, 1.807) is 18.2 Å². The highest BCUT2D eigenvalue weighted by atomic mass is 32.2. The predicted octanol–water partition coefficient (Wildman–Crippen LogP) is 4.88. The molecule has 0 bridgehead atoms. The molecular formula is C22H18F6N2O3S2. The molecule has 13 heteroatoms. The number of fused-ring (bicyclic) bond motifs is 1. The smallest absolute Gasteiger partial charge is 0.316 e. The van der Waals surface area contributed by atoms with Crippen molar-refractivity contribution in [2.45, 2.75) is 37.0 Å². The molecule has 0 spiro atoms. The normalized spacial score (nSPS) is 23.1. The van der Waals surface area contributed by atoms with Gasteiger partial charge in [0, 0.05) is 10.9 Å². The van der Waals surface area contributed by atoms with Crippen LogP contribution in [0.2, 0.25) is 0 Å². The molecule has 188 valence electrons. The summed E-state index contributed by atoms with van der Waals surface area (Å²) in [6.07, 6.45) is -10.3. The number of amidine groups is 1. The molecule has 0 unspecified atom stereocenters. The second kappa shape index (κ2) is 8.84. The lowest BCUT2D eigenvalue weighted by Gasteiger charge is -2.26. The zero-order valence-electron chi connectivity index (χ0n) is 18.0. The number of halogens is 6. The fourth-order valence-corrected chi connectivity index (χ4v) is 8.02. The number of amides is 1. The van der Waals surface area contributed by atoms with E-state index in [2.05, 4.69) is 4.99 Å². The third-order valence-corrected chi connectivity index (χ3v) is 8.79. The molecule has 0 saturated carbocycles. The number of carbonyl (C=O) groups excluding carboxylic acids is 1. The number of benzene rings is 2. The van der Waals surface area contributed by atoms with E-state index in [4.69, 9.17) is 0 Å². The van der Waals surface area contributed by atoms with Crippen LogP contribution in [-0.2, 0) is 33.4 Å². The Hall–Kier alpha value is -2.54. The Balaban J connectivity index is 1.78. The number of aryl methyl sites for hydroxylation is 1. The molecular weight excluding hydrogens is 518 g/mol. The number of hydrogen-bond donors (Lipinski definition) is 0. The number of alkyl halides is 6. The van der Waals surface area contributed by atoms with Crippen molar-refractivity contribution >= 4 is 38.4 Å². The van der Waals surface area contributed by atoms with Crippen LogP contribution in [-0.4, -0.2) is 42.3 Å². The number of sulfone groups is 1. The SMILES string of the molecule is Cc1cccc(CC(=O)N=C2S[C@H]3CS(=O)(=O)C[C@H]3N2c2cc(C(F)(F)F)cc(C(F)(F)F)c2)c1. The van der Waals surface area contributed by atoms with Crippen LogP contribution in [0.25, 0.3) is 0 Å². The topological polar surface area (TPSA) is 66.8 Å². The third-order valence-electron chi connectivity index (χ3n) is 5.58. The number of aliphatic imine (C=N–C) groups is 1. The molecule has 2 aromatic carbocycles. The monoisotopic (exact) mass is 536 g/mol. The summed E-state index contributed by atoms with van der Waals surface area (Å²) in [7, 11) is -3.58. The van der Waals surface area contributed by atoms with Crippen LogP contribution < -0.4 is 4.90 Å². The van der Waals surface area contributed by atoms with E-state index in [1.165, 1.54) is 0 Å². The summed E-state index contributed by atoms with van der Waals surface area (Å²) in [4.78, 5) is 17.7. The molecule has 2 saturated heterocycles. The minimum Gasteiger partial charge on any atom is -0.316 e. The minimum atomic E-state index is -5.08. The largest absolute Gasteiger partial charge is 0.416 e. The maximum absolute atomic E-state index is 13.4. The lowest BCUT2D eigenvalue weighted by atomic mass is 10.1. The number of rotatable bonds is 3. The van der Waals surface area contributed by atoms with E-state index in [9.17, 15) is 39.6 Å². The first-order valence-electron chi connectivity index (χ1n) is 10.3. The molecule has 2 atom stereocenters. The summed E-state index contributed by atoms with van der Waals surface area (Å²) in [6.45, 7) is 1.82. The van der Waals surface area contributed by atoms with Crippen molar-refractivity contribution < 1.29 is 39.6 Å². The van der Waals surface area contributed by atoms with Gasteiger partial charge in [0.15, 0.2) is 15.0 Å². The molecule has 2 aliphatic heterocycles. The Morgan fingerprint density at radius 1 is 1.03 bits per heavy atom. The van der Waals surface area contributed by atoms with E-state index in [0.717, 1.165) is 22.2 Å². The number of carbonyl (C=O) groups is 1. The van der Waals surface area contributed by atoms with Gasteiger partial charge < -0.3 is 4.90 Å². The van der Waals surface area contributed by atoms with Gasteiger partial charge in [-0.15, -0.1) is 0 Å². The number of thioether (sulfide) groups is 1. The zero-order valence-corrected chi connectivity index (χ0v) is 19.7. The Morgan fingerprint density at radius 2 is 1.66 bits per heavy atom. The first kappa shape index (κ1) is 25.5. The molecule has 1 amide bonds. The second-order valence-corrected chi connectivity index (χ2v) is 11.7. The maximum atomic E-state index is 13.4. The number of hydrogen-bond acceptors (Lipinski definition) is 4. The first-order valence-corrected chi connectivity index (χ1v) is 13.0. The van der Waals surface area contributed by atoms with Crippen molar-refractivity contribution in [2.75, 3.05) is 16.4 Å². The molecule has 2 aliphatic rings. The summed E-state index contributed by atoms with van der Waals surface area (Å²) < 4.78 is 105. The molecule has 0 radical (unpaired) electrons. The molecule has 2 aromatic rings. The molecule has 0 aromatic heterocycles. The van der Waals surface area contributed by atoms with Gasteiger partial charge in [0.1, 0.15) is 0 Å². The van der Waals surface area contributed by atoms with Crippen LogP contribution in [0.3, 0.4) is 0 Å². The van der Waals surface area contributed by atoms with Crippen molar-refractivity contribution in [1.29, 1.82) is 0 Å². The van der Waals surface area contributed by atoms with Crippen molar-refractivity contribution in [2.24, 2.45) is 4.99 Å². The standard InChI is InChI=1S/C22H18F6N2O3S2/c1-12-3-2-4-13(5-12)6-19(31)29-20-30(17-10-35(32,33)11-18(17)34-20)16-8-14(21(23,24)25)7-15(9-16)22(26,27)28/h2-5,7-9,17-18H,6,10-11H2,1H3/t17-,18+/m1/s1. The van der Waals surface area contributed by atoms with Crippen LogP contribution in [0.1, 0.15) is 22.3 Å². The van der Waals surface area contributed by atoms with Crippen molar-refractivity contribution in [3.8, 4) is 0 Å². The van der Waals surface area contributed by atoms with Crippen molar-refractivity contribution in [3.63, 3.8) is 0 Å². The van der Waals surface area contributed by atoms with Gasteiger partial charge in [0.25, 0.3) is 5.91 Å². The van der Waals surface area contributed by atoms with Crippen LogP contribution in [0.15, 0.2) is 47.5 Å². The van der Waals surface area contributed by atoms with Gasteiger partial charge >= 0.3 is 12.4 Å². The van der Waals surface area contributed by atoms with E-state index in [1.807, 2.05) is 13.0 Å². The second-order valence-electron chi connectivity index (χ2n) is 8.39. The van der Waals surface area contributed by atoms with Gasteiger partial charge in [-0.25, -0.2) is 8.42 Å². The average molecular weight is 537 g/mol. The minimum absolute atomic E-state index is 0.00467. The average Bonchev–Trinajstić information content (AvgIpc) is 3.16. The van der Waals surface area contributed by atoms with E-state index >= 15 is 0 Å². The van der Waals surface area contributed by atoms with Crippen LogP contribution >= 0.6 is 11.8 Å². The van der Waals surface area contributed by atoms with Gasteiger partial charge in [-0.05, 0) is 30.7 Å². The van der Waals surface area contributed by atoms with Crippen LogP contribution in [0.5, 0.6) is 0 Å². The third kappa shape index (κ3) is 5.66. The molecule has 4 rings (SSSR count). The van der Waals surface area contributed by atoms with Gasteiger partial charge in [0.2, 0.25) is 0 Å². The van der Waals surface area contributed by atoms with Gasteiger partial charge in [-0.1, -0.05) is 41.6 Å². The summed E-state index contributed by atoms with van der Waals surface area (Å²) >= 11 is 0.869.